The van der Waals surface area contributed by atoms with Crippen LogP contribution in [0.25, 0.3) is 0 Å². The van der Waals surface area contributed by atoms with Crippen LogP contribution in [0, 0.1) is 5.82 Å². The number of ether oxygens (including phenoxy) is 1. The first-order valence-electron chi connectivity index (χ1n) is 5.81. The molecule has 2 N–H and O–H groups in total. The van der Waals surface area contributed by atoms with E-state index in [0.29, 0.717) is 17.2 Å². The monoisotopic (exact) mass is 259 g/mol. The Morgan fingerprint density at radius 3 is 2.53 bits per heavy atom. The minimum atomic E-state index is -0.340. The highest BCUT2D eigenvalue weighted by Crippen LogP contribution is 2.17. The average molecular weight is 260 g/mol. The Kier molecular flexibility index (Phi) is 5.37. The zero-order valence-electron chi connectivity index (χ0n) is 10.3. The third kappa shape index (κ3) is 4.26. The van der Waals surface area contributed by atoms with Crippen LogP contribution >= 0.6 is 11.6 Å². The molecule has 0 aliphatic carbocycles. The fourth-order valence-corrected chi connectivity index (χ4v) is 1.62. The molecule has 0 amide bonds. The zero-order valence-corrected chi connectivity index (χ0v) is 11.1. The maximum atomic E-state index is 13.4. The minimum absolute atomic E-state index is 0.224. The van der Waals surface area contributed by atoms with E-state index >= 15 is 0 Å². The summed E-state index contributed by atoms with van der Waals surface area (Å²) < 4.78 is 18.9. The van der Waals surface area contributed by atoms with Gasteiger partial charge in [0.2, 0.25) is 0 Å². The zero-order chi connectivity index (χ0) is 12.9. The largest absolute Gasteiger partial charge is 0.375 e. The summed E-state index contributed by atoms with van der Waals surface area (Å²) in [6.07, 6.45) is 1.68. The van der Waals surface area contributed by atoms with Crippen LogP contribution in [-0.4, -0.2) is 12.1 Å². The molecule has 1 rings (SSSR count). The Labute approximate surface area is 107 Å². The third-order valence-corrected chi connectivity index (χ3v) is 3.31. The summed E-state index contributed by atoms with van der Waals surface area (Å²) in [6.45, 7) is 4.70. The summed E-state index contributed by atoms with van der Waals surface area (Å²) in [6, 6.07) is 4.57. The van der Waals surface area contributed by atoms with Crippen LogP contribution < -0.4 is 5.73 Å². The fraction of sp³-hybridized carbons (Fsp3) is 0.538. The molecular formula is C13H19ClFNO. The quantitative estimate of drug-likeness (QED) is 0.849. The maximum absolute atomic E-state index is 13.4. The normalized spacial score (nSPS) is 11.8. The molecule has 96 valence electrons. The van der Waals surface area contributed by atoms with Crippen LogP contribution in [0.1, 0.15) is 32.3 Å². The van der Waals surface area contributed by atoms with Crippen molar-refractivity contribution in [2.75, 3.05) is 6.61 Å². The lowest BCUT2D eigenvalue weighted by molar-refractivity contribution is 0.0680. The predicted molar refractivity (Wildman–Crippen MR) is 68.6 cm³/mol. The van der Waals surface area contributed by atoms with Crippen LogP contribution in [0.2, 0.25) is 5.02 Å². The van der Waals surface area contributed by atoms with Crippen molar-refractivity contribution >= 4 is 11.6 Å². The van der Waals surface area contributed by atoms with Crippen molar-refractivity contribution < 1.29 is 9.13 Å². The van der Waals surface area contributed by atoms with Crippen LogP contribution in [0.15, 0.2) is 18.2 Å². The molecular weight excluding hydrogens is 241 g/mol. The number of hydrogen-bond donors (Lipinski definition) is 1. The smallest absolute Gasteiger partial charge is 0.130 e. The van der Waals surface area contributed by atoms with Crippen molar-refractivity contribution in [1.29, 1.82) is 0 Å². The van der Waals surface area contributed by atoms with Gasteiger partial charge in [-0.25, -0.2) is 4.39 Å². The van der Waals surface area contributed by atoms with E-state index in [4.69, 9.17) is 22.1 Å². The molecule has 0 spiro atoms. The highest BCUT2D eigenvalue weighted by molar-refractivity contribution is 6.30. The molecule has 1 aromatic rings. The lowest BCUT2D eigenvalue weighted by atomic mass is 9.96. The molecule has 0 unspecified atom stereocenters. The van der Waals surface area contributed by atoms with Gasteiger partial charge in [-0.05, 0) is 25.0 Å². The lowest BCUT2D eigenvalue weighted by Crippen LogP contribution is -2.43. The van der Waals surface area contributed by atoms with Gasteiger partial charge in [-0.2, -0.15) is 0 Å². The van der Waals surface area contributed by atoms with Gasteiger partial charge in [-0.3, -0.25) is 0 Å². The molecule has 0 fully saturated rings. The number of benzene rings is 1. The van der Waals surface area contributed by atoms with Gasteiger partial charge in [-0.15, -0.1) is 0 Å². The maximum Gasteiger partial charge on any atom is 0.130 e. The van der Waals surface area contributed by atoms with E-state index in [-0.39, 0.29) is 18.0 Å². The molecule has 4 heteroatoms. The first-order valence-corrected chi connectivity index (χ1v) is 6.19. The Morgan fingerprint density at radius 2 is 2.00 bits per heavy atom. The van der Waals surface area contributed by atoms with Gasteiger partial charge >= 0.3 is 0 Å². The second-order valence-corrected chi connectivity index (χ2v) is 4.73. The SMILES string of the molecule is CCC(N)(CC)COCc1ccc(Cl)cc1F. The van der Waals surface area contributed by atoms with Crippen molar-refractivity contribution in [3.8, 4) is 0 Å². The van der Waals surface area contributed by atoms with Gasteiger partial charge in [0.15, 0.2) is 0 Å². The van der Waals surface area contributed by atoms with E-state index < -0.39 is 0 Å². The van der Waals surface area contributed by atoms with Crippen molar-refractivity contribution in [2.24, 2.45) is 5.73 Å². The average Bonchev–Trinajstić information content (AvgIpc) is 2.32. The Bertz CT molecular complexity index is 366. The summed E-state index contributed by atoms with van der Waals surface area (Å²) in [5.74, 6) is -0.340. The highest BCUT2D eigenvalue weighted by Gasteiger charge is 2.20. The van der Waals surface area contributed by atoms with Crippen LogP contribution in [-0.2, 0) is 11.3 Å². The van der Waals surface area contributed by atoms with Crippen LogP contribution in [0.5, 0.6) is 0 Å². The Morgan fingerprint density at radius 1 is 1.35 bits per heavy atom. The summed E-state index contributed by atoms with van der Waals surface area (Å²) in [7, 11) is 0. The molecule has 0 radical (unpaired) electrons. The first kappa shape index (κ1) is 14.4. The highest BCUT2D eigenvalue weighted by atomic mass is 35.5. The van der Waals surface area contributed by atoms with Gasteiger partial charge in [0.1, 0.15) is 5.82 Å². The summed E-state index contributed by atoms with van der Waals surface area (Å²) >= 11 is 5.67. The van der Waals surface area contributed by atoms with Crippen LogP contribution in [0.3, 0.4) is 0 Å². The molecule has 0 bridgehead atoms. The van der Waals surface area contributed by atoms with Crippen molar-refractivity contribution in [3.05, 3.63) is 34.6 Å². The molecule has 0 saturated heterocycles. The first-order chi connectivity index (χ1) is 8.00. The van der Waals surface area contributed by atoms with E-state index in [1.54, 1.807) is 12.1 Å². The van der Waals surface area contributed by atoms with Gasteiger partial charge < -0.3 is 10.5 Å². The van der Waals surface area contributed by atoms with E-state index in [1.807, 2.05) is 13.8 Å². The Balaban J connectivity index is 2.51. The second-order valence-electron chi connectivity index (χ2n) is 4.30. The number of halogens is 2. The van der Waals surface area contributed by atoms with E-state index in [1.165, 1.54) is 6.07 Å². The summed E-state index contributed by atoms with van der Waals surface area (Å²) in [5.41, 5.74) is 6.27. The van der Waals surface area contributed by atoms with Gasteiger partial charge in [0, 0.05) is 16.1 Å². The van der Waals surface area contributed by atoms with Crippen molar-refractivity contribution in [1.82, 2.24) is 0 Å². The molecule has 17 heavy (non-hydrogen) atoms. The van der Waals surface area contributed by atoms with Gasteiger partial charge in [-0.1, -0.05) is 31.5 Å². The summed E-state index contributed by atoms with van der Waals surface area (Å²) in [4.78, 5) is 0. The molecule has 1 aromatic carbocycles. The topological polar surface area (TPSA) is 35.2 Å². The van der Waals surface area contributed by atoms with Crippen LogP contribution in [0.4, 0.5) is 4.39 Å². The number of nitrogens with two attached hydrogens (primary N) is 1. The standard InChI is InChI=1S/C13H19ClFNO/c1-3-13(16,4-2)9-17-8-10-5-6-11(14)7-12(10)15/h5-7H,3-4,8-9,16H2,1-2H3. The van der Waals surface area contributed by atoms with Gasteiger partial charge in [0.05, 0.1) is 13.2 Å². The predicted octanol–water partition coefficient (Wildman–Crippen LogP) is 3.51. The van der Waals surface area contributed by atoms with Gasteiger partial charge in [0.25, 0.3) is 0 Å². The molecule has 0 aliphatic heterocycles. The molecule has 0 heterocycles. The van der Waals surface area contributed by atoms with E-state index in [9.17, 15) is 4.39 Å². The molecule has 0 saturated carbocycles. The van der Waals surface area contributed by atoms with E-state index in [2.05, 4.69) is 0 Å². The Hall–Kier alpha value is -0.640. The van der Waals surface area contributed by atoms with Crippen molar-refractivity contribution in [3.63, 3.8) is 0 Å². The van der Waals surface area contributed by atoms with Crippen molar-refractivity contribution in [2.45, 2.75) is 38.8 Å². The molecule has 0 aliphatic rings. The third-order valence-electron chi connectivity index (χ3n) is 3.07. The minimum Gasteiger partial charge on any atom is -0.375 e. The number of hydrogen-bond acceptors (Lipinski definition) is 2. The lowest BCUT2D eigenvalue weighted by Gasteiger charge is -2.26. The molecule has 0 atom stereocenters. The number of rotatable bonds is 6. The molecule has 0 aromatic heterocycles. The second kappa shape index (κ2) is 6.34. The van der Waals surface area contributed by atoms with E-state index in [0.717, 1.165) is 12.8 Å². The fourth-order valence-electron chi connectivity index (χ4n) is 1.46. The molecule has 2 nitrogen and oxygen atoms in total. The summed E-state index contributed by atoms with van der Waals surface area (Å²) in [5, 5.41) is 0.390.